The molecule has 0 aliphatic heterocycles. The Bertz CT molecular complexity index is 302. The van der Waals surface area contributed by atoms with Crippen molar-refractivity contribution in [1.82, 2.24) is 0 Å². The second-order valence-corrected chi connectivity index (χ2v) is 6.43. The lowest BCUT2D eigenvalue weighted by Gasteiger charge is -2.22. The molecule has 2 fully saturated rings. The summed E-state index contributed by atoms with van der Waals surface area (Å²) in [6.07, 6.45) is 1.97. The maximum atomic E-state index is 11.0. The standard InChI is InChI=1S/C12H21NO2/c1-10(2)9(11(10,3)4)12(5-6-12)7(13)8(14)15/h7,9H,5-6,13H2,1-4H3,(H,14,15). The normalized spacial score (nSPS) is 32.1. The van der Waals surface area contributed by atoms with Crippen molar-refractivity contribution in [3.63, 3.8) is 0 Å². The van der Waals surface area contributed by atoms with E-state index in [0.29, 0.717) is 5.92 Å². The predicted molar refractivity (Wildman–Crippen MR) is 58.3 cm³/mol. The monoisotopic (exact) mass is 211 g/mol. The Morgan fingerprint density at radius 2 is 1.67 bits per heavy atom. The lowest BCUT2D eigenvalue weighted by atomic mass is 9.86. The van der Waals surface area contributed by atoms with Gasteiger partial charge in [-0.3, -0.25) is 4.79 Å². The second-order valence-electron chi connectivity index (χ2n) is 6.43. The third-order valence-electron chi connectivity index (χ3n) is 5.31. The van der Waals surface area contributed by atoms with Gasteiger partial charge in [0.05, 0.1) is 0 Å². The van der Waals surface area contributed by atoms with Crippen LogP contribution in [0.4, 0.5) is 0 Å². The molecule has 86 valence electrons. The number of carboxylic acid groups (broad SMARTS) is 1. The van der Waals surface area contributed by atoms with Crippen molar-refractivity contribution in [3.05, 3.63) is 0 Å². The number of carboxylic acids is 1. The fraction of sp³-hybridized carbons (Fsp3) is 0.917. The average molecular weight is 211 g/mol. The summed E-state index contributed by atoms with van der Waals surface area (Å²) in [4.78, 5) is 11.0. The Morgan fingerprint density at radius 1 is 1.27 bits per heavy atom. The Kier molecular flexibility index (Phi) is 1.87. The zero-order chi connectivity index (χ0) is 11.6. The highest BCUT2D eigenvalue weighted by molar-refractivity contribution is 5.75. The van der Waals surface area contributed by atoms with Gasteiger partial charge in [0.2, 0.25) is 0 Å². The van der Waals surface area contributed by atoms with Crippen molar-refractivity contribution < 1.29 is 9.90 Å². The third kappa shape index (κ3) is 1.13. The van der Waals surface area contributed by atoms with Gasteiger partial charge in [-0.15, -0.1) is 0 Å². The van der Waals surface area contributed by atoms with Gasteiger partial charge in [-0.2, -0.15) is 0 Å². The summed E-state index contributed by atoms with van der Waals surface area (Å²) in [7, 11) is 0. The van der Waals surface area contributed by atoms with E-state index in [-0.39, 0.29) is 16.2 Å². The van der Waals surface area contributed by atoms with E-state index >= 15 is 0 Å². The number of aliphatic carboxylic acids is 1. The summed E-state index contributed by atoms with van der Waals surface area (Å²) in [6, 6.07) is -0.677. The fourth-order valence-corrected chi connectivity index (χ4v) is 3.80. The summed E-state index contributed by atoms with van der Waals surface area (Å²) < 4.78 is 0. The van der Waals surface area contributed by atoms with E-state index in [4.69, 9.17) is 10.8 Å². The number of rotatable bonds is 3. The minimum atomic E-state index is -0.842. The van der Waals surface area contributed by atoms with Crippen LogP contribution in [-0.2, 0) is 4.79 Å². The second kappa shape index (κ2) is 2.57. The van der Waals surface area contributed by atoms with Crippen LogP contribution in [0.2, 0.25) is 0 Å². The topological polar surface area (TPSA) is 63.3 Å². The summed E-state index contributed by atoms with van der Waals surface area (Å²) in [6.45, 7) is 8.91. The first-order chi connectivity index (χ1) is 6.68. The first-order valence-corrected chi connectivity index (χ1v) is 5.66. The van der Waals surface area contributed by atoms with Crippen molar-refractivity contribution in [3.8, 4) is 0 Å². The molecule has 3 nitrogen and oxygen atoms in total. The number of carbonyl (C=O) groups is 1. The van der Waals surface area contributed by atoms with Gasteiger partial charge in [0.1, 0.15) is 6.04 Å². The molecule has 3 heteroatoms. The van der Waals surface area contributed by atoms with E-state index in [2.05, 4.69) is 27.7 Å². The van der Waals surface area contributed by atoms with Crippen LogP contribution in [0.15, 0.2) is 0 Å². The predicted octanol–water partition coefficient (Wildman–Crippen LogP) is 1.86. The molecular weight excluding hydrogens is 190 g/mol. The first kappa shape index (κ1) is 10.9. The molecule has 0 aromatic heterocycles. The summed E-state index contributed by atoms with van der Waals surface area (Å²) in [5.41, 5.74) is 6.19. The van der Waals surface area contributed by atoms with Gasteiger partial charge in [0.15, 0.2) is 0 Å². The third-order valence-corrected chi connectivity index (χ3v) is 5.31. The lowest BCUT2D eigenvalue weighted by molar-refractivity contribution is -0.140. The van der Waals surface area contributed by atoms with Gasteiger partial charge >= 0.3 is 5.97 Å². The minimum Gasteiger partial charge on any atom is -0.480 e. The van der Waals surface area contributed by atoms with Crippen LogP contribution < -0.4 is 5.73 Å². The Morgan fingerprint density at radius 3 is 1.87 bits per heavy atom. The summed E-state index contributed by atoms with van der Waals surface area (Å²) in [5, 5.41) is 9.05. The molecular formula is C12H21NO2. The van der Waals surface area contributed by atoms with Gasteiger partial charge in [-0.25, -0.2) is 0 Å². The van der Waals surface area contributed by atoms with Crippen molar-refractivity contribution in [1.29, 1.82) is 0 Å². The molecule has 0 amide bonds. The van der Waals surface area contributed by atoms with Crippen LogP contribution in [0.3, 0.4) is 0 Å². The molecule has 2 rings (SSSR count). The first-order valence-electron chi connectivity index (χ1n) is 5.66. The Balaban J connectivity index is 2.24. The quantitative estimate of drug-likeness (QED) is 0.749. The van der Waals surface area contributed by atoms with E-state index in [1.165, 1.54) is 0 Å². The van der Waals surface area contributed by atoms with Crippen LogP contribution in [-0.4, -0.2) is 17.1 Å². The van der Waals surface area contributed by atoms with Crippen LogP contribution in [0, 0.1) is 22.2 Å². The van der Waals surface area contributed by atoms with Crippen molar-refractivity contribution in [2.45, 2.75) is 46.6 Å². The molecule has 1 atom stereocenters. The van der Waals surface area contributed by atoms with Crippen molar-refractivity contribution in [2.24, 2.45) is 27.9 Å². The SMILES string of the molecule is CC1(C)C(C2(C(N)C(=O)O)CC2)C1(C)C. The van der Waals surface area contributed by atoms with Crippen LogP contribution in [0.1, 0.15) is 40.5 Å². The molecule has 0 saturated heterocycles. The number of hydrogen-bond acceptors (Lipinski definition) is 2. The molecule has 0 aromatic carbocycles. The smallest absolute Gasteiger partial charge is 0.321 e. The molecule has 15 heavy (non-hydrogen) atoms. The summed E-state index contributed by atoms with van der Waals surface area (Å²) in [5.74, 6) is -0.380. The Hall–Kier alpha value is -0.570. The Labute approximate surface area is 91.0 Å². The van der Waals surface area contributed by atoms with Crippen LogP contribution >= 0.6 is 0 Å². The molecule has 2 saturated carbocycles. The van der Waals surface area contributed by atoms with Crippen LogP contribution in [0.5, 0.6) is 0 Å². The lowest BCUT2D eigenvalue weighted by Crippen LogP contribution is -2.41. The number of nitrogens with two attached hydrogens (primary N) is 1. The van der Waals surface area contributed by atoms with E-state index in [1.807, 2.05) is 0 Å². The highest BCUT2D eigenvalue weighted by atomic mass is 16.4. The fourth-order valence-electron chi connectivity index (χ4n) is 3.80. The molecule has 2 aliphatic carbocycles. The molecule has 0 bridgehead atoms. The highest BCUT2D eigenvalue weighted by Gasteiger charge is 2.76. The zero-order valence-corrected chi connectivity index (χ0v) is 10.0. The number of hydrogen-bond donors (Lipinski definition) is 2. The van der Waals surface area contributed by atoms with Gasteiger partial charge in [0, 0.05) is 5.41 Å². The van der Waals surface area contributed by atoms with E-state index < -0.39 is 12.0 Å². The van der Waals surface area contributed by atoms with Crippen LogP contribution in [0.25, 0.3) is 0 Å². The molecule has 0 spiro atoms. The maximum absolute atomic E-state index is 11.0. The van der Waals surface area contributed by atoms with Gasteiger partial charge in [-0.05, 0) is 29.6 Å². The molecule has 2 aliphatic rings. The van der Waals surface area contributed by atoms with Crippen molar-refractivity contribution >= 4 is 5.97 Å². The highest BCUT2D eigenvalue weighted by Crippen LogP contribution is 2.80. The molecule has 0 heterocycles. The largest absolute Gasteiger partial charge is 0.480 e. The van der Waals surface area contributed by atoms with E-state index in [9.17, 15) is 4.79 Å². The maximum Gasteiger partial charge on any atom is 0.321 e. The van der Waals surface area contributed by atoms with Gasteiger partial charge < -0.3 is 10.8 Å². The van der Waals surface area contributed by atoms with Gasteiger partial charge in [-0.1, -0.05) is 27.7 Å². The summed E-state index contributed by atoms with van der Waals surface area (Å²) >= 11 is 0. The van der Waals surface area contributed by atoms with Gasteiger partial charge in [0.25, 0.3) is 0 Å². The van der Waals surface area contributed by atoms with E-state index in [1.54, 1.807) is 0 Å². The minimum absolute atomic E-state index is 0.112. The molecule has 0 radical (unpaired) electrons. The molecule has 0 aromatic rings. The molecule has 1 unspecified atom stereocenters. The molecule has 3 N–H and O–H groups in total. The van der Waals surface area contributed by atoms with E-state index in [0.717, 1.165) is 12.8 Å². The average Bonchev–Trinajstić information content (AvgIpc) is 2.90. The van der Waals surface area contributed by atoms with Crippen molar-refractivity contribution in [2.75, 3.05) is 0 Å². The zero-order valence-electron chi connectivity index (χ0n) is 10.0.